The molecule has 0 aliphatic heterocycles. The van der Waals surface area contributed by atoms with Crippen LogP contribution in [0.1, 0.15) is 49.1 Å². The largest absolute Gasteiger partial charge is 0.485 e. The van der Waals surface area contributed by atoms with Crippen molar-refractivity contribution in [3.05, 3.63) is 40.0 Å². The molecule has 3 rings (SSSR count). The van der Waals surface area contributed by atoms with Gasteiger partial charge in [-0.1, -0.05) is 27.2 Å². The van der Waals surface area contributed by atoms with Crippen molar-refractivity contribution in [2.45, 2.75) is 38.4 Å². The van der Waals surface area contributed by atoms with Crippen LogP contribution in [-0.2, 0) is 6.61 Å². The first kappa shape index (κ1) is 13.6. The van der Waals surface area contributed by atoms with Gasteiger partial charge in [0, 0.05) is 16.0 Å². The van der Waals surface area contributed by atoms with Crippen molar-refractivity contribution in [1.82, 2.24) is 10.1 Å². The maximum atomic E-state index is 9.73. The van der Waals surface area contributed by atoms with Gasteiger partial charge in [-0.2, -0.15) is 4.98 Å². The number of ether oxygens (including phenoxy) is 1. The van der Waals surface area contributed by atoms with Crippen molar-refractivity contribution in [3.8, 4) is 5.75 Å². The molecule has 1 aromatic carbocycles. The molecule has 1 atom stereocenters. The number of hydrogen-bond donors (Lipinski definition) is 1. The summed E-state index contributed by atoms with van der Waals surface area (Å²) in [6, 6.07) is 5.52. The van der Waals surface area contributed by atoms with Crippen LogP contribution in [0, 0.1) is 0 Å². The second-order valence-electron chi connectivity index (χ2n) is 4.97. The van der Waals surface area contributed by atoms with Gasteiger partial charge in [-0.3, -0.25) is 0 Å². The van der Waals surface area contributed by atoms with E-state index in [1.807, 2.05) is 18.2 Å². The van der Waals surface area contributed by atoms with Crippen molar-refractivity contribution in [3.63, 3.8) is 0 Å². The molecule has 1 aromatic heterocycles. The minimum absolute atomic E-state index is 0.229. The highest BCUT2D eigenvalue weighted by Crippen LogP contribution is 2.38. The quantitative estimate of drug-likeness (QED) is 0.905. The van der Waals surface area contributed by atoms with Gasteiger partial charge in [0.1, 0.15) is 5.75 Å². The second-order valence-corrected chi connectivity index (χ2v) is 5.89. The highest BCUT2D eigenvalue weighted by Gasteiger charge is 2.29. The van der Waals surface area contributed by atoms with E-state index in [-0.39, 0.29) is 6.61 Å². The molecule has 1 aliphatic carbocycles. The molecule has 0 unspecified atom stereocenters. The van der Waals surface area contributed by atoms with Crippen LogP contribution in [0.15, 0.2) is 27.2 Å². The number of aliphatic hydroxyl groups is 1. The van der Waals surface area contributed by atoms with Gasteiger partial charge in [-0.05, 0) is 31.9 Å². The van der Waals surface area contributed by atoms with Crippen molar-refractivity contribution in [2.24, 2.45) is 0 Å². The van der Waals surface area contributed by atoms with E-state index in [1.165, 1.54) is 0 Å². The van der Waals surface area contributed by atoms with Crippen molar-refractivity contribution < 1.29 is 14.4 Å². The maximum Gasteiger partial charge on any atom is 0.229 e. The molecule has 0 radical (unpaired) electrons. The number of aliphatic hydroxyl groups excluding tert-OH is 1. The summed E-state index contributed by atoms with van der Waals surface area (Å²) in [6.45, 7) is 1.93. The summed E-state index contributed by atoms with van der Waals surface area (Å²) >= 11 is 3.39. The average molecular weight is 339 g/mol. The number of aromatic nitrogens is 2. The van der Waals surface area contributed by atoms with E-state index in [9.17, 15) is 5.11 Å². The first-order chi connectivity index (χ1) is 9.63. The van der Waals surface area contributed by atoms with Gasteiger partial charge in [0.05, 0.1) is 6.10 Å². The van der Waals surface area contributed by atoms with Gasteiger partial charge in [0.15, 0.2) is 6.61 Å². The fraction of sp³-hybridized carbons (Fsp3) is 0.429. The van der Waals surface area contributed by atoms with Crippen LogP contribution in [0.3, 0.4) is 0 Å². The summed E-state index contributed by atoms with van der Waals surface area (Å²) in [4.78, 5) is 4.31. The lowest BCUT2D eigenvalue weighted by Crippen LogP contribution is -2.02. The van der Waals surface area contributed by atoms with Crippen LogP contribution in [0.25, 0.3) is 0 Å². The summed E-state index contributed by atoms with van der Waals surface area (Å²) in [6.07, 6.45) is 1.66. The number of halogens is 1. The van der Waals surface area contributed by atoms with E-state index in [0.29, 0.717) is 23.4 Å². The normalized spacial score (nSPS) is 16.1. The summed E-state index contributed by atoms with van der Waals surface area (Å²) in [5, 5.41) is 13.6. The summed E-state index contributed by atoms with van der Waals surface area (Å²) in [7, 11) is 0. The van der Waals surface area contributed by atoms with E-state index < -0.39 is 6.10 Å². The Labute approximate surface area is 125 Å². The van der Waals surface area contributed by atoms with Crippen LogP contribution in [0.5, 0.6) is 5.75 Å². The van der Waals surface area contributed by atoms with E-state index in [0.717, 1.165) is 22.9 Å². The van der Waals surface area contributed by atoms with Gasteiger partial charge in [0.25, 0.3) is 0 Å². The second kappa shape index (κ2) is 5.54. The van der Waals surface area contributed by atoms with Crippen LogP contribution in [0.2, 0.25) is 0 Å². The molecule has 0 amide bonds. The summed E-state index contributed by atoms with van der Waals surface area (Å²) < 4.78 is 11.8. The van der Waals surface area contributed by atoms with Crippen LogP contribution in [-0.4, -0.2) is 15.2 Å². The standard InChI is InChI=1S/C14H15BrN2O3/c1-8(18)11-5-4-10(15)6-12(11)19-7-13-16-14(20-17-13)9-2-3-9/h4-6,8-9,18H,2-3,7H2,1H3/t8-/m1/s1. The lowest BCUT2D eigenvalue weighted by Gasteiger charge is -2.12. The summed E-state index contributed by atoms with van der Waals surface area (Å²) in [5.74, 6) is 2.29. The van der Waals surface area contributed by atoms with Crippen molar-refractivity contribution in [1.29, 1.82) is 0 Å². The summed E-state index contributed by atoms with van der Waals surface area (Å²) in [5.41, 5.74) is 0.735. The molecule has 106 valence electrons. The lowest BCUT2D eigenvalue weighted by molar-refractivity contribution is 0.189. The molecule has 1 N–H and O–H groups in total. The van der Waals surface area contributed by atoms with Gasteiger partial charge in [0.2, 0.25) is 11.7 Å². The predicted molar refractivity (Wildman–Crippen MR) is 75.4 cm³/mol. The van der Waals surface area contributed by atoms with E-state index in [2.05, 4.69) is 26.1 Å². The third kappa shape index (κ3) is 3.02. The zero-order valence-electron chi connectivity index (χ0n) is 11.0. The topological polar surface area (TPSA) is 68.4 Å². The Bertz CT molecular complexity index is 608. The monoisotopic (exact) mass is 338 g/mol. The Morgan fingerprint density at radius 3 is 3.00 bits per heavy atom. The van der Waals surface area contributed by atoms with Crippen LogP contribution in [0.4, 0.5) is 0 Å². The zero-order chi connectivity index (χ0) is 14.1. The van der Waals surface area contributed by atoms with Crippen LogP contribution >= 0.6 is 15.9 Å². The van der Waals surface area contributed by atoms with Gasteiger partial charge in [-0.15, -0.1) is 0 Å². The molecule has 0 spiro atoms. The van der Waals surface area contributed by atoms with Gasteiger partial charge in [-0.25, -0.2) is 0 Å². The molecular weight excluding hydrogens is 324 g/mol. The Balaban J connectivity index is 1.71. The molecule has 1 aliphatic rings. The van der Waals surface area contributed by atoms with E-state index in [4.69, 9.17) is 9.26 Å². The van der Waals surface area contributed by atoms with Gasteiger partial charge < -0.3 is 14.4 Å². The minimum Gasteiger partial charge on any atom is -0.485 e. The highest BCUT2D eigenvalue weighted by molar-refractivity contribution is 9.10. The first-order valence-electron chi connectivity index (χ1n) is 6.56. The number of rotatable bonds is 5. The Hall–Kier alpha value is -1.40. The number of hydrogen-bond acceptors (Lipinski definition) is 5. The third-order valence-electron chi connectivity index (χ3n) is 3.19. The molecule has 0 saturated heterocycles. The number of benzene rings is 1. The average Bonchev–Trinajstić information content (AvgIpc) is 3.15. The van der Waals surface area contributed by atoms with Crippen molar-refractivity contribution in [2.75, 3.05) is 0 Å². The SMILES string of the molecule is C[C@@H](O)c1ccc(Br)cc1OCc1noc(C2CC2)n1. The molecule has 5 nitrogen and oxygen atoms in total. The smallest absolute Gasteiger partial charge is 0.229 e. The van der Waals surface area contributed by atoms with E-state index >= 15 is 0 Å². The Morgan fingerprint density at radius 1 is 1.50 bits per heavy atom. The van der Waals surface area contributed by atoms with Crippen LogP contribution < -0.4 is 4.74 Å². The molecule has 0 bridgehead atoms. The molecule has 6 heteroatoms. The fourth-order valence-electron chi connectivity index (χ4n) is 1.94. The minimum atomic E-state index is -0.592. The molecule has 20 heavy (non-hydrogen) atoms. The first-order valence-corrected chi connectivity index (χ1v) is 7.35. The maximum absolute atomic E-state index is 9.73. The fourth-order valence-corrected chi connectivity index (χ4v) is 2.28. The molecule has 1 saturated carbocycles. The lowest BCUT2D eigenvalue weighted by atomic mass is 10.1. The van der Waals surface area contributed by atoms with E-state index in [1.54, 1.807) is 6.92 Å². The molecule has 1 fully saturated rings. The van der Waals surface area contributed by atoms with Gasteiger partial charge >= 0.3 is 0 Å². The highest BCUT2D eigenvalue weighted by atomic mass is 79.9. The zero-order valence-corrected chi connectivity index (χ0v) is 12.6. The Kier molecular flexibility index (Phi) is 3.76. The third-order valence-corrected chi connectivity index (χ3v) is 3.69. The molecular formula is C14H15BrN2O3. The molecule has 2 aromatic rings. The molecule has 1 heterocycles. The Morgan fingerprint density at radius 2 is 2.30 bits per heavy atom. The number of nitrogens with zero attached hydrogens (tertiary/aromatic N) is 2. The predicted octanol–water partition coefficient (Wildman–Crippen LogP) is 3.34. The van der Waals surface area contributed by atoms with Crippen molar-refractivity contribution >= 4 is 15.9 Å².